The first-order valence-electron chi connectivity index (χ1n) is 5.73. The lowest BCUT2D eigenvalue weighted by Gasteiger charge is -2.04. The van der Waals surface area contributed by atoms with Gasteiger partial charge in [0, 0.05) is 23.0 Å². The van der Waals surface area contributed by atoms with Gasteiger partial charge in [0.1, 0.15) is 0 Å². The molecule has 3 rings (SSSR count). The van der Waals surface area contributed by atoms with Gasteiger partial charge in [-0.2, -0.15) is 5.10 Å². The van der Waals surface area contributed by atoms with Crippen LogP contribution in [0, 0.1) is 6.92 Å². The minimum absolute atomic E-state index is 0.742. The molecular weight excluding hydrogens is 224 g/mol. The number of hydrogen-bond acceptors (Lipinski definition) is 3. The Morgan fingerprint density at radius 2 is 1.83 bits per heavy atom. The summed E-state index contributed by atoms with van der Waals surface area (Å²) in [6.45, 7) is 1.97. The van der Waals surface area contributed by atoms with Gasteiger partial charge in [0.2, 0.25) is 0 Å². The van der Waals surface area contributed by atoms with Crippen LogP contribution in [0.2, 0.25) is 0 Å². The molecule has 4 nitrogen and oxygen atoms in total. The van der Waals surface area contributed by atoms with E-state index >= 15 is 0 Å². The van der Waals surface area contributed by atoms with Crippen molar-refractivity contribution in [1.29, 1.82) is 0 Å². The molecule has 2 heterocycles. The molecule has 0 saturated carbocycles. The zero-order valence-electron chi connectivity index (χ0n) is 9.96. The summed E-state index contributed by atoms with van der Waals surface area (Å²) in [6.07, 6.45) is 3.59. The smallest absolute Gasteiger partial charge is 0.160 e. The van der Waals surface area contributed by atoms with Crippen molar-refractivity contribution < 1.29 is 0 Å². The maximum Gasteiger partial charge on any atom is 0.160 e. The number of hydrogen-bond donors (Lipinski definition) is 1. The topological polar surface area (TPSA) is 54.5 Å². The van der Waals surface area contributed by atoms with E-state index in [0.717, 1.165) is 28.3 Å². The van der Waals surface area contributed by atoms with Crippen LogP contribution in [0.4, 0.5) is 0 Å². The zero-order chi connectivity index (χ0) is 12.4. The third-order valence-electron chi connectivity index (χ3n) is 2.68. The number of benzene rings is 1. The number of nitrogens with zero attached hydrogens (tertiary/aromatic N) is 3. The van der Waals surface area contributed by atoms with Crippen LogP contribution in [0.3, 0.4) is 0 Å². The van der Waals surface area contributed by atoms with Crippen molar-refractivity contribution in [1.82, 2.24) is 20.2 Å². The number of nitrogens with one attached hydrogen (secondary N) is 1. The van der Waals surface area contributed by atoms with Gasteiger partial charge in [-0.25, -0.2) is 9.97 Å². The Morgan fingerprint density at radius 1 is 1.00 bits per heavy atom. The van der Waals surface area contributed by atoms with Crippen molar-refractivity contribution in [3.63, 3.8) is 0 Å². The number of H-pyrrole nitrogens is 1. The van der Waals surface area contributed by atoms with E-state index in [2.05, 4.69) is 20.2 Å². The van der Waals surface area contributed by atoms with Gasteiger partial charge >= 0.3 is 0 Å². The molecule has 0 amide bonds. The van der Waals surface area contributed by atoms with Gasteiger partial charge in [-0.05, 0) is 13.0 Å². The predicted molar refractivity (Wildman–Crippen MR) is 69.8 cm³/mol. The predicted octanol–water partition coefficient (Wildman–Crippen LogP) is 2.84. The van der Waals surface area contributed by atoms with Crippen molar-refractivity contribution >= 4 is 0 Å². The fraction of sp³-hybridized carbons (Fsp3) is 0.0714. The van der Waals surface area contributed by atoms with Crippen LogP contribution < -0.4 is 0 Å². The van der Waals surface area contributed by atoms with E-state index in [0.29, 0.717) is 0 Å². The third kappa shape index (κ3) is 2.00. The summed E-state index contributed by atoms with van der Waals surface area (Å²) in [6, 6.07) is 11.9. The van der Waals surface area contributed by atoms with Crippen LogP contribution in [0.1, 0.15) is 5.69 Å². The van der Waals surface area contributed by atoms with Gasteiger partial charge in [-0.15, -0.1) is 0 Å². The molecule has 4 heteroatoms. The highest BCUT2D eigenvalue weighted by atomic mass is 15.1. The highest BCUT2D eigenvalue weighted by molar-refractivity contribution is 5.62. The van der Waals surface area contributed by atoms with E-state index in [1.54, 1.807) is 6.20 Å². The van der Waals surface area contributed by atoms with Crippen LogP contribution in [0.25, 0.3) is 22.6 Å². The minimum Gasteiger partial charge on any atom is -0.285 e. The van der Waals surface area contributed by atoms with E-state index in [9.17, 15) is 0 Å². The molecular formula is C14H12N4. The van der Waals surface area contributed by atoms with Crippen molar-refractivity contribution in [3.05, 3.63) is 54.5 Å². The van der Waals surface area contributed by atoms with Crippen molar-refractivity contribution in [2.45, 2.75) is 6.92 Å². The Bertz CT molecular complexity index is 645. The van der Waals surface area contributed by atoms with Gasteiger partial charge in [0.25, 0.3) is 0 Å². The highest BCUT2D eigenvalue weighted by Gasteiger charge is 2.06. The first-order chi connectivity index (χ1) is 8.83. The molecule has 2 aromatic heterocycles. The maximum atomic E-state index is 4.58. The second kappa shape index (κ2) is 4.41. The van der Waals surface area contributed by atoms with Crippen molar-refractivity contribution in [3.8, 4) is 22.6 Å². The Labute approximate surface area is 105 Å². The normalized spacial score (nSPS) is 10.5. The summed E-state index contributed by atoms with van der Waals surface area (Å²) in [4.78, 5) is 9.05. The highest BCUT2D eigenvalue weighted by Crippen LogP contribution is 2.21. The molecule has 0 aliphatic carbocycles. The second-order valence-electron chi connectivity index (χ2n) is 4.07. The summed E-state index contributed by atoms with van der Waals surface area (Å²) in [5.74, 6) is 0.742. The van der Waals surface area contributed by atoms with Gasteiger partial charge in [0.15, 0.2) is 5.82 Å². The lowest BCUT2D eigenvalue weighted by atomic mass is 10.2. The van der Waals surface area contributed by atoms with Crippen LogP contribution in [0.15, 0.2) is 48.8 Å². The summed E-state index contributed by atoms with van der Waals surface area (Å²) < 4.78 is 0. The van der Waals surface area contributed by atoms with E-state index < -0.39 is 0 Å². The Balaban J connectivity index is 2.12. The van der Waals surface area contributed by atoms with Gasteiger partial charge in [0.05, 0.1) is 11.9 Å². The molecule has 88 valence electrons. The molecule has 0 aliphatic heterocycles. The summed E-state index contributed by atoms with van der Waals surface area (Å²) in [5, 5.41) is 6.74. The average molecular weight is 236 g/mol. The fourth-order valence-electron chi connectivity index (χ4n) is 1.82. The summed E-state index contributed by atoms with van der Waals surface area (Å²) in [7, 11) is 0. The number of aromatic amines is 1. The van der Waals surface area contributed by atoms with Crippen LogP contribution in [-0.4, -0.2) is 20.2 Å². The van der Waals surface area contributed by atoms with E-state index in [1.165, 1.54) is 0 Å². The monoisotopic (exact) mass is 236 g/mol. The van der Waals surface area contributed by atoms with Crippen LogP contribution >= 0.6 is 0 Å². The third-order valence-corrected chi connectivity index (χ3v) is 2.68. The van der Waals surface area contributed by atoms with Crippen LogP contribution in [-0.2, 0) is 0 Å². The SMILES string of the molecule is Cc1cc(-c2cn[nH]c2)nc(-c2ccccc2)n1. The van der Waals surface area contributed by atoms with Gasteiger partial charge in [-0.1, -0.05) is 30.3 Å². The van der Waals surface area contributed by atoms with Gasteiger partial charge in [-0.3, -0.25) is 5.10 Å². The van der Waals surface area contributed by atoms with Gasteiger partial charge < -0.3 is 0 Å². The fourth-order valence-corrected chi connectivity index (χ4v) is 1.82. The quantitative estimate of drug-likeness (QED) is 0.744. The molecule has 0 radical (unpaired) electrons. The molecule has 3 aromatic rings. The molecule has 0 bridgehead atoms. The molecule has 0 spiro atoms. The zero-order valence-corrected chi connectivity index (χ0v) is 9.96. The lowest BCUT2D eigenvalue weighted by Crippen LogP contribution is -1.94. The summed E-state index contributed by atoms with van der Waals surface area (Å²) in [5.41, 5.74) is 3.82. The average Bonchev–Trinajstić information content (AvgIpc) is 2.93. The maximum absolute atomic E-state index is 4.58. The van der Waals surface area contributed by atoms with Crippen molar-refractivity contribution in [2.24, 2.45) is 0 Å². The minimum atomic E-state index is 0.742. The Hall–Kier alpha value is -2.49. The molecule has 0 saturated heterocycles. The number of rotatable bonds is 2. The molecule has 1 N–H and O–H groups in total. The number of aromatic nitrogens is 4. The standard InChI is InChI=1S/C14H12N4/c1-10-7-13(12-8-15-16-9-12)18-14(17-10)11-5-3-2-4-6-11/h2-9H,1H3,(H,15,16). The van der Waals surface area contributed by atoms with Crippen LogP contribution in [0.5, 0.6) is 0 Å². The Morgan fingerprint density at radius 3 is 2.56 bits per heavy atom. The first-order valence-corrected chi connectivity index (χ1v) is 5.73. The second-order valence-corrected chi connectivity index (χ2v) is 4.07. The molecule has 1 aromatic carbocycles. The van der Waals surface area contributed by atoms with E-state index in [-0.39, 0.29) is 0 Å². The van der Waals surface area contributed by atoms with E-state index in [1.807, 2.05) is 49.5 Å². The number of aryl methyl sites for hydroxylation is 1. The summed E-state index contributed by atoms with van der Waals surface area (Å²) >= 11 is 0. The molecule has 0 atom stereocenters. The Kier molecular flexibility index (Phi) is 2.61. The molecule has 18 heavy (non-hydrogen) atoms. The first kappa shape index (κ1) is 10.7. The molecule has 0 fully saturated rings. The lowest BCUT2D eigenvalue weighted by molar-refractivity contribution is 1.09. The molecule has 0 aliphatic rings. The largest absolute Gasteiger partial charge is 0.285 e. The van der Waals surface area contributed by atoms with Crippen molar-refractivity contribution in [2.75, 3.05) is 0 Å². The van der Waals surface area contributed by atoms with E-state index in [4.69, 9.17) is 0 Å². The molecule has 0 unspecified atom stereocenters.